The SMILES string of the molecule is S=C(C(=S)c1ccc(-c2ccccc2)cc1)c1ccccc1.S=C(C(=S)c1ccc(-c2ccccc2)cc1)c1ccccc1.[Ni]. The molecule has 0 saturated carbocycles. The fourth-order valence-electron chi connectivity index (χ4n) is 4.59. The molecule has 0 aromatic heterocycles. The Balaban J connectivity index is 0.000000200. The molecule has 6 aromatic rings. The Hall–Kier alpha value is -3.83. The van der Waals surface area contributed by atoms with Gasteiger partial charge in [-0.3, -0.25) is 0 Å². The third kappa shape index (κ3) is 9.11. The number of benzene rings is 6. The Morgan fingerprint density at radius 2 is 0.444 bits per heavy atom. The minimum Gasteiger partial charge on any atom is -0.0778 e. The van der Waals surface area contributed by atoms with Crippen LogP contribution in [0, 0.1) is 0 Å². The van der Waals surface area contributed by atoms with E-state index in [2.05, 4.69) is 48.5 Å². The van der Waals surface area contributed by atoms with Crippen molar-refractivity contribution in [3.63, 3.8) is 0 Å². The van der Waals surface area contributed by atoms with Crippen LogP contribution in [0.5, 0.6) is 0 Å². The largest absolute Gasteiger partial charge is 0.0778 e. The quantitative estimate of drug-likeness (QED) is 0.0883. The summed E-state index contributed by atoms with van der Waals surface area (Å²) in [5.74, 6) is 0. The van der Waals surface area contributed by atoms with Crippen molar-refractivity contribution in [2.45, 2.75) is 0 Å². The predicted octanol–water partition coefficient (Wildman–Crippen LogP) is 11.0. The summed E-state index contributed by atoms with van der Waals surface area (Å²) in [5.41, 5.74) is 8.73. The number of hydrogen-bond donors (Lipinski definition) is 0. The Morgan fingerprint density at radius 3 is 0.711 bits per heavy atom. The molecule has 0 spiro atoms. The first kappa shape index (κ1) is 34.1. The van der Waals surface area contributed by atoms with Gasteiger partial charge >= 0.3 is 0 Å². The second-order valence-electron chi connectivity index (χ2n) is 9.94. The molecule has 0 fully saturated rings. The fraction of sp³-hybridized carbons (Fsp3) is 0. The van der Waals surface area contributed by atoms with Crippen LogP contribution < -0.4 is 0 Å². The first-order valence-corrected chi connectivity index (χ1v) is 15.7. The van der Waals surface area contributed by atoms with Gasteiger partial charge in [-0.25, -0.2) is 0 Å². The summed E-state index contributed by atoms with van der Waals surface area (Å²) in [6, 6.07) is 56.9. The molecule has 222 valence electrons. The van der Waals surface area contributed by atoms with Gasteiger partial charge < -0.3 is 0 Å². The monoisotopic (exact) mass is 694 g/mol. The van der Waals surface area contributed by atoms with Gasteiger partial charge in [0.2, 0.25) is 0 Å². The van der Waals surface area contributed by atoms with Crippen molar-refractivity contribution in [2.75, 3.05) is 0 Å². The fourth-order valence-corrected chi connectivity index (χ4v) is 5.61. The summed E-state index contributed by atoms with van der Waals surface area (Å²) in [6.07, 6.45) is 0. The maximum absolute atomic E-state index is 5.54. The van der Waals surface area contributed by atoms with Crippen LogP contribution in [0.15, 0.2) is 170 Å². The topological polar surface area (TPSA) is 0 Å². The summed E-state index contributed by atoms with van der Waals surface area (Å²) in [7, 11) is 0. The van der Waals surface area contributed by atoms with Crippen molar-refractivity contribution in [1.82, 2.24) is 0 Å². The molecule has 0 aliphatic heterocycles. The van der Waals surface area contributed by atoms with Gasteiger partial charge in [-0.1, -0.05) is 219 Å². The molecule has 0 unspecified atom stereocenters. The minimum atomic E-state index is 0. The van der Waals surface area contributed by atoms with Crippen molar-refractivity contribution < 1.29 is 16.5 Å². The zero-order valence-electron chi connectivity index (χ0n) is 24.1. The maximum atomic E-state index is 5.54. The van der Waals surface area contributed by atoms with Gasteiger partial charge in [-0.2, -0.15) is 0 Å². The van der Waals surface area contributed by atoms with Gasteiger partial charge in [0, 0.05) is 16.5 Å². The number of thiocarbonyl (C=S) groups is 4. The van der Waals surface area contributed by atoms with Crippen LogP contribution in [0.3, 0.4) is 0 Å². The Kier molecular flexibility index (Phi) is 12.9. The summed E-state index contributed by atoms with van der Waals surface area (Å²) in [6.45, 7) is 0. The molecular weight excluding hydrogens is 667 g/mol. The van der Waals surface area contributed by atoms with Crippen LogP contribution in [-0.4, -0.2) is 19.5 Å². The molecule has 0 radical (unpaired) electrons. The first-order valence-electron chi connectivity index (χ1n) is 14.1. The minimum absolute atomic E-state index is 0. The van der Waals surface area contributed by atoms with Crippen LogP contribution in [0.1, 0.15) is 22.3 Å². The van der Waals surface area contributed by atoms with Gasteiger partial charge in [0.15, 0.2) is 0 Å². The predicted molar refractivity (Wildman–Crippen MR) is 203 cm³/mol. The third-order valence-corrected chi connectivity index (χ3v) is 9.01. The molecule has 0 aliphatic carbocycles. The smallest absolute Gasteiger partial charge is 0.0636 e. The zero-order valence-corrected chi connectivity index (χ0v) is 28.4. The summed E-state index contributed by atoms with van der Waals surface area (Å²) < 4.78 is 0. The average Bonchev–Trinajstić information content (AvgIpc) is 3.12. The Morgan fingerprint density at radius 1 is 0.244 bits per heavy atom. The van der Waals surface area contributed by atoms with Gasteiger partial charge in [-0.15, -0.1) is 0 Å². The van der Waals surface area contributed by atoms with E-state index in [0.717, 1.165) is 41.7 Å². The third-order valence-electron chi connectivity index (χ3n) is 6.99. The second-order valence-corrected chi connectivity index (χ2v) is 11.6. The molecule has 0 bridgehead atoms. The Labute approximate surface area is 297 Å². The molecule has 0 saturated heterocycles. The Bertz CT molecular complexity index is 1730. The molecule has 0 atom stereocenters. The van der Waals surface area contributed by atoms with Gasteiger partial charge in [0.05, 0.1) is 19.5 Å². The van der Waals surface area contributed by atoms with E-state index in [1.54, 1.807) is 0 Å². The molecule has 6 rings (SSSR count). The maximum Gasteiger partial charge on any atom is 0.0636 e. The van der Waals surface area contributed by atoms with E-state index in [9.17, 15) is 0 Å². The van der Waals surface area contributed by atoms with E-state index < -0.39 is 0 Å². The standard InChI is InChI=1S/2C20H14S2.Ni/c2*21-19(17-9-5-2-6-10-17)20(22)18-13-11-16(12-14-18)15-7-3-1-4-8-15;/h2*1-14H;. The molecule has 45 heavy (non-hydrogen) atoms. The average molecular weight is 696 g/mol. The molecule has 5 heteroatoms. The van der Waals surface area contributed by atoms with Crippen LogP contribution in [-0.2, 0) is 16.5 Å². The van der Waals surface area contributed by atoms with Crippen LogP contribution in [0.25, 0.3) is 22.3 Å². The van der Waals surface area contributed by atoms with Crippen LogP contribution in [0.2, 0.25) is 0 Å². The van der Waals surface area contributed by atoms with Gasteiger partial charge in [-0.05, 0) is 44.5 Å². The van der Waals surface area contributed by atoms with Gasteiger partial charge in [0.1, 0.15) is 0 Å². The van der Waals surface area contributed by atoms with E-state index in [-0.39, 0.29) is 16.5 Å². The normalized spacial score (nSPS) is 9.96. The molecule has 0 amide bonds. The summed E-state index contributed by atoms with van der Waals surface area (Å²) in [5, 5.41) is 0. The second kappa shape index (κ2) is 17.0. The molecule has 6 aromatic carbocycles. The zero-order chi connectivity index (χ0) is 30.7. The molecule has 0 nitrogen and oxygen atoms in total. The van der Waals surface area contributed by atoms with E-state index in [0.29, 0.717) is 0 Å². The van der Waals surface area contributed by atoms with E-state index in [4.69, 9.17) is 48.9 Å². The molecule has 0 aliphatic rings. The van der Waals surface area contributed by atoms with Crippen LogP contribution >= 0.6 is 48.9 Å². The van der Waals surface area contributed by atoms with E-state index in [1.165, 1.54) is 22.3 Å². The van der Waals surface area contributed by atoms with E-state index in [1.807, 2.05) is 121 Å². The summed E-state index contributed by atoms with van der Waals surface area (Å²) >= 11 is 22.1. The van der Waals surface area contributed by atoms with Crippen molar-refractivity contribution in [2.24, 2.45) is 0 Å². The first-order chi connectivity index (χ1) is 21.5. The number of rotatable bonds is 8. The molecule has 0 N–H and O–H groups in total. The van der Waals surface area contributed by atoms with Crippen molar-refractivity contribution in [1.29, 1.82) is 0 Å². The van der Waals surface area contributed by atoms with Crippen molar-refractivity contribution in [3.8, 4) is 22.3 Å². The molecular formula is C40H28NiS4. The number of hydrogen-bond acceptors (Lipinski definition) is 4. The van der Waals surface area contributed by atoms with Crippen molar-refractivity contribution >= 4 is 68.3 Å². The van der Waals surface area contributed by atoms with Crippen LogP contribution in [0.4, 0.5) is 0 Å². The van der Waals surface area contributed by atoms with Gasteiger partial charge in [0.25, 0.3) is 0 Å². The summed E-state index contributed by atoms with van der Waals surface area (Å²) in [4.78, 5) is 2.90. The van der Waals surface area contributed by atoms with E-state index >= 15 is 0 Å². The van der Waals surface area contributed by atoms with Crippen molar-refractivity contribution in [3.05, 3.63) is 192 Å². The molecule has 0 heterocycles.